The van der Waals surface area contributed by atoms with E-state index in [-0.39, 0.29) is 10.6 Å². The van der Waals surface area contributed by atoms with Crippen molar-refractivity contribution in [1.29, 1.82) is 0 Å². The van der Waals surface area contributed by atoms with Crippen LogP contribution in [0.15, 0.2) is 77.7 Å². The smallest absolute Gasteiger partial charge is 0.269 e. The van der Waals surface area contributed by atoms with E-state index in [1.165, 1.54) is 24.3 Å². The number of benzene rings is 3. The van der Waals surface area contributed by atoms with Gasteiger partial charge in [0.1, 0.15) is 17.0 Å². The second-order valence-corrected chi connectivity index (χ2v) is 8.54. The Bertz CT molecular complexity index is 1570. The summed E-state index contributed by atoms with van der Waals surface area (Å²) < 4.78 is 25.1. The van der Waals surface area contributed by atoms with Crippen molar-refractivity contribution in [3.05, 3.63) is 82.9 Å². The zero-order chi connectivity index (χ0) is 21.8. The van der Waals surface area contributed by atoms with E-state index in [1.54, 1.807) is 24.3 Å². The molecule has 0 unspecified atom stereocenters. The lowest BCUT2D eigenvalue weighted by Gasteiger charge is -2.10. The highest BCUT2D eigenvalue weighted by molar-refractivity contribution is 7.89. The van der Waals surface area contributed by atoms with Crippen LogP contribution in [0, 0.1) is 10.1 Å². The predicted octanol–water partition coefficient (Wildman–Crippen LogP) is 3.73. The number of imidazole rings is 1. The molecule has 0 saturated carbocycles. The predicted molar refractivity (Wildman–Crippen MR) is 116 cm³/mol. The maximum absolute atomic E-state index is 11.6. The monoisotopic (exact) mass is 433 g/mol. The Balaban J connectivity index is 1.77. The molecular formula is C21H15N5O4S. The fourth-order valence-corrected chi connectivity index (χ4v) is 4.13. The molecule has 9 nitrogen and oxygen atoms in total. The molecule has 0 aliphatic rings. The second-order valence-electron chi connectivity index (χ2n) is 6.98. The van der Waals surface area contributed by atoms with Gasteiger partial charge in [-0.05, 0) is 42.5 Å². The van der Waals surface area contributed by atoms with Gasteiger partial charge in [0.15, 0.2) is 0 Å². The molecule has 0 fully saturated rings. The summed E-state index contributed by atoms with van der Waals surface area (Å²) in [5.74, 6) is 0.560. The van der Waals surface area contributed by atoms with Crippen LogP contribution in [0.4, 0.5) is 5.69 Å². The van der Waals surface area contributed by atoms with Crippen molar-refractivity contribution in [1.82, 2.24) is 14.5 Å². The van der Waals surface area contributed by atoms with Crippen molar-refractivity contribution in [3.63, 3.8) is 0 Å². The molecule has 3 N–H and O–H groups in total. The fraction of sp³-hybridized carbons (Fsp3) is 0. The van der Waals surface area contributed by atoms with E-state index in [0.29, 0.717) is 17.1 Å². The molecule has 154 valence electrons. The molecule has 0 atom stereocenters. The van der Waals surface area contributed by atoms with E-state index in [1.807, 2.05) is 28.8 Å². The van der Waals surface area contributed by atoms with Crippen LogP contribution in [-0.2, 0) is 10.0 Å². The van der Waals surface area contributed by atoms with Gasteiger partial charge in [0.05, 0.1) is 9.82 Å². The highest BCUT2D eigenvalue weighted by atomic mass is 32.2. The molecule has 31 heavy (non-hydrogen) atoms. The highest BCUT2D eigenvalue weighted by Crippen LogP contribution is 2.33. The average molecular weight is 433 g/mol. The number of para-hydroxylation sites is 1. The minimum Gasteiger partial charge on any atom is -0.339 e. The molecule has 5 aromatic rings. The van der Waals surface area contributed by atoms with Crippen LogP contribution >= 0.6 is 0 Å². The standard InChI is InChI=1S/C21H15N5O4S/c22-31(29,30)16-11-9-14(10-12-16)25-20(13-5-7-15(8-6-13)26(27)28)24-19-17-3-1-2-4-18(17)23-21(19)25/h1-12,23H,(H2,22,29,30). The van der Waals surface area contributed by atoms with Crippen LogP contribution < -0.4 is 5.14 Å². The van der Waals surface area contributed by atoms with Crippen LogP contribution in [-0.4, -0.2) is 27.9 Å². The number of sulfonamides is 1. The molecule has 0 radical (unpaired) electrons. The van der Waals surface area contributed by atoms with Gasteiger partial charge in [-0.3, -0.25) is 14.7 Å². The zero-order valence-electron chi connectivity index (χ0n) is 15.9. The first-order valence-corrected chi connectivity index (χ1v) is 10.7. The normalized spacial score (nSPS) is 11.9. The lowest BCUT2D eigenvalue weighted by molar-refractivity contribution is -0.384. The third-order valence-corrected chi connectivity index (χ3v) is 6.00. The quantitative estimate of drug-likeness (QED) is 0.329. The lowest BCUT2D eigenvalue weighted by Crippen LogP contribution is -2.12. The first kappa shape index (κ1) is 19.0. The number of nitrogens with zero attached hydrogens (tertiary/aromatic N) is 3. The van der Waals surface area contributed by atoms with Gasteiger partial charge < -0.3 is 4.98 Å². The van der Waals surface area contributed by atoms with Gasteiger partial charge in [-0.1, -0.05) is 18.2 Å². The number of hydrogen-bond acceptors (Lipinski definition) is 5. The van der Waals surface area contributed by atoms with Crippen LogP contribution in [0.2, 0.25) is 0 Å². The molecule has 2 aromatic heterocycles. The van der Waals surface area contributed by atoms with E-state index in [0.717, 1.165) is 22.1 Å². The third kappa shape index (κ3) is 3.14. The number of aromatic nitrogens is 3. The summed E-state index contributed by atoms with van der Waals surface area (Å²) in [5.41, 5.74) is 3.68. The molecule has 10 heteroatoms. The Morgan fingerprint density at radius 1 is 0.968 bits per heavy atom. The molecule has 0 amide bonds. The summed E-state index contributed by atoms with van der Waals surface area (Å²) in [6.45, 7) is 0. The minimum absolute atomic E-state index is 0.00106. The third-order valence-electron chi connectivity index (χ3n) is 5.07. The Hall–Kier alpha value is -4.02. The number of H-pyrrole nitrogens is 1. The van der Waals surface area contributed by atoms with E-state index < -0.39 is 14.9 Å². The van der Waals surface area contributed by atoms with Gasteiger partial charge in [-0.15, -0.1) is 0 Å². The van der Waals surface area contributed by atoms with Crippen molar-refractivity contribution >= 4 is 37.8 Å². The van der Waals surface area contributed by atoms with Crippen molar-refractivity contribution in [3.8, 4) is 17.1 Å². The number of aromatic amines is 1. The Morgan fingerprint density at radius 3 is 2.29 bits per heavy atom. The van der Waals surface area contributed by atoms with E-state index in [9.17, 15) is 18.5 Å². The molecule has 2 heterocycles. The second kappa shape index (κ2) is 6.76. The number of hydrogen-bond donors (Lipinski definition) is 2. The van der Waals surface area contributed by atoms with Crippen molar-refractivity contribution < 1.29 is 13.3 Å². The SMILES string of the molecule is NS(=O)(=O)c1ccc(-n2c(-c3ccc([N+](=O)[O-])cc3)nc3c4ccccc4[nH]c32)cc1. The summed E-state index contributed by atoms with van der Waals surface area (Å²) in [5, 5.41) is 17.2. The number of non-ortho nitro benzene ring substituents is 1. The van der Waals surface area contributed by atoms with Crippen molar-refractivity contribution in [2.24, 2.45) is 5.14 Å². The van der Waals surface area contributed by atoms with Crippen LogP contribution in [0.3, 0.4) is 0 Å². The number of nitrogens with two attached hydrogens (primary N) is 1. The maximum Gasteiger partial charge on any atom is 0.269 e. The van der Waals surface area contributed by atoms with Crippen LogP contribution in [0.1, 0.15) is 0 Å². The van der Waals surface area contributed by atoms with E-state index in [4.69, 9.17) is 10.1 Å². The number of nitro benzene ring substituents is 1. The van der Waals surface area contributed by atoms with E-state index >= 15 is 0 Å². The Labute approximate surface area is 176 Å². The highest BCUT2D eigenvalue weighted by Gasteiger charge is 2.19. The number of rotatable bonds is 4. The molecule has 0 aliphatic heterocycles. The van der Waals surface area contributed by atoms with Gasteiger partial charge in [-0.2, -0.15) is 0 Å². The zero-order valence-corrected chi connectivity index (χ0v) is 16.7. The van der Waals surface area contributed by atoms with Crippen molar-refractivity contribution in [2.75, 3.05) is 0 Å². The summed E-state index contributed by atoms with van der Waals surface area (Å²) in [6.07, 6.45) is 0. The molecular weight excluding hydrogens is 418 g/mol. The number of primary sulfonamides is 1. The molecule has 0 bridgehead atoms. The fourth-order valence-electron chi connectivity index (χ4n) is 3.61. The minimum atomic E-state index is -3.82. The van der Waals surface area contributed by atoms with Crippen LogP contribution in [0.5, 0.6) is 0 Å². The number of nitro groups is 1. The largest absolute Gasteiger partial charge is 0.339 e. The topological polar surface area (TPSA) is 137 Å². The van der Waals surface area contributed by atoms with E-state index in [2.05, 4.69) is 4.98 Å². The summed E-state index contributed by atoms with van der Waals surface area (Å²) in [4.78, 5) is 18.7. The molecule has 3 aromatic carbocycles. The lowest BCUT2D eigenvalue weighted by atomic mass is 10.2. The van der Waals surface area contributed by atoms with Gasteiger partial charge in [0, 0.05) is 34.3 Å². The molecule has 0 saturated heterocycles. The number of nitrogens with one attached hydrogen (secondary N) is 1. The van der Waals surface area contributed by atoms with Gasteiger partial charge in [0.25, 0.3) is 5.69 Å². The van der Waals surface area contributed by atoms with Gasteiger partial charge >= 0.3 is 0 Å². The Morgan fingerprint density at radius 2 is 1.65 bits per heavy atom. The number of fused-ring (bicyclic) bond motifs is 3. The first-order chi connectivity index (χ1) is 14.8. The van der Waals surface area contributed by atoms with Gasteiger partial charge in [-0.25, -0.2) is 18.5 Å². The maximum atomic E-state index is 11.6. The first-order valence-electron chi connectivity index (χ1n) is 9.20. The average Bonchev–Trinajstić information content (AvgIpc) is 3.29. The molecule has 0 aliphatic carbocycles. The van der Waals surface area contributed by atoms with Crippen molar-refractivity contribution in [2.45, 2.75) is 4.90 Å². The Kier molecular flexibility index (Phi) is 4.14. The summed E-state index contributed by atoms with van der Waals surface area (Å²) >= 11 is 0. The molecule has 5 rings (SSSR count). The summed E-state index contributed by atoms with van der Waals surface area (Å²) in [6, 6.07) is 20.0. The van der Waals surface area contributed by atoms with Crippen LogP contribution in [0.25, 0.3) is 39.1 Å². The summed E-state index contributed by atoms with van der Waals surface area (Å²) in [7, 11) is -3.82. The molecule has 0 spiro atoms. The van der Waals surface area contributed by atoms with Gasteiger partial charge in [0.2, 0.25) is 10.0 Å².